The van der Waals surface area contributed by atoms with E-state index in [1.54, 1.807) is 24.1 Å². The van der Waals surface area contributed by atoms with Crippen LogP contribution in [0.5, 0.6) is 28.7 Å². The number of aliphatic hydroxyl groups is 1. The highest BCUT2D eigenvalue weighted by Crippen LogP contribution is 2.58. The highest BCUT2D eigenvalue weighted by Gasteiger charge is 2.48. The number of amides is 1. The van der Waals surface area contributed by atoms with Crippen LogP contribution in [-0.2, 0) is 6.42 Å². The van der Waals surface area contributed by atoms with E-state index in [1.165, 1.54) is 14.2 Å². The lowest BCUT2D eigenvalue weighted by Crippen LogP contribution is -2.46. The van der Waals surface area contributed by atoms with Crippen LogP contribution in [0.15, 0.2) is 16.6 Å². The normalized spacial score (nSPS) is 21.0. The third-order valence-corrected chi connectivity index (χ3v) is 6.80. The summed E-state index contributed by atoms with van der Waals surface area (Å²) in [6.45, 7) is 0.474. The van der Waals surface area contributed by atoms with Crippen molar-refractivity contribution in [1.29, 1.82) is 0 Å². The van der Waals surface area contributed by atoms with Crippen LogP contribution in [-0.4, -0.2) is 50.6 Å². The second-order valence-corrected chi connectivity index (χ2v) is 8.00. The third kappa shape index (κ3) is 2.39. The minimum Gasteiger partial charge on any atom is -0.493 e. The van der Waals surface area contributed by atoms with E-state index in [1.807, 2.05) is 0 Å². The standard InChI is InChI=1S/C21H20BrNO7/c1-26-11-5-4-10-13(17(11)27-2)21(25)23-7-6-9-12(15(23)16(10)24)18-20(30-8-29-18)19(28-3)14(9)22/h4-5,15-16,24H,6-8H2,1-3H3/t15-,16+/m0/s1. The van der Waals surface area contributed by atoms with Crippen LogP contribution in [0.25, 0.3) is 0 Å². The topological polar surface area (TPSA) is 86.7 Å². The molecule has 2 atom stereocenters. The highest BCUT2D eigenvalue weighted by atomic mass is 79.9. The lowest BCUT2D eigenvalue weighted by Gasteiger charge is -2.44. The van der Waals surface area contributed by atoms with Gasteiger partial charge in [0, 0.05) is 12.1 Å². The number of aliphatic hydroxyl groups excluding tert-OH is 1. The van der Waals surface area contributed by atoms with Gasteiger partial charge in [-0.3, -0.25) is 4.79 Å². The van der Waals surface area contributed by atoms with Gasteiger partial charge in [-0.2, -0.15) is 0 Å². The molecule has 2 aromatic carbocycles. The number of rotatable bonds is 3. The van der Waals surface area contributed by atoms with Crippen LogP contribution < -0.4 is 23.7 Å². The zero-order chi connectivity index (χ0) is 21.2. The molecular weight excluding hydrogens is 458 g/mol. The van der Waals surface area contributed by atoms with Gasteiger partial charge in [0.15, 0.2) is 23.0 Å². The Kier molecular flexibility index (Phi) is 4.48. The summed E-state index contributed by atoms with van der Waals surface area (Å²) in [4.78, 5) is 15.2. The van der Waals surface area contributed by atoms with E-state index in [4.69, 9.17) is 23.7 Å². The molecule has 1 N–H and O–H groups in total. The maximum Gasteiger partial charge on any atom is 0.258 e. The molecule has 0 aromatic heterocycles. The van der Waals surface area contributed by atoms with E-state index in [0.717, 1.165) is 15.6 Å². The van der Waals surface area contributed by atoms with Gasteiger partial charge in [-0.05, 0) is 39.5 Å². The summed E-state index contributed by atoms with van der Waals surface area (Å²) in [6.07, 6.45) is -0.412. The Morgan fingerprint density at radius 2 is 1.83 bits per heavy atom. The molecule has 0 spiro atoms. The van der Waals surface area contributed by atoms with E-state index in [-0.39, 0.29) is 12.7 Å². The number of benzene rings is 2. The van der Waals surface area contributed by atoms with Crippen molar-refractivity contribution in [3.63, 3.8) is 0 Å². The molecule has 0 saturated heterocycles. The number of carbonyl (C=O) groups is 1. The van der Waals surface area contributed by atoms with Crippen molar-refractivity contribution >= 4 is 21.8 Å². The number of carbonyl (C=O) groups excluding carboxylic acids is 1. The molecule has 2 aromatic rings. The molecule has 3 heterocycles. The quantitative estimate of drug-likeness (QED) is 0.726. The Morgan fingerprint density at radius 3 is 2.53 bits per heavy atom. The number of hydrogen-bond donors (Lipinski definition) is 1. The molecule has 8 nitrogen and oxygen atoms in total. The van der Waals surface area contributed by atoms with E-state index in [0.29, 0.717) is 52.8 Å². The van der Waals surface area contributed by atoms with Crippen LogP contribution >= 0.6 is 15.9 Å². The first kappa shape index (κ1) is 19.3. The summed E-state index contributed by atoms with van der Waals surface area (Å²) in [5, 5.41) is 11.4. The summed E-state index contributed by atoms with van der Waals surface area (Å²) in [5.74, 6) is 2.08. The Bertz CT molecular complexity index is 1070. The molecule has 0 unspecified atom stereocenters. The maximum absolute atomic E-state index is 13.5. The third-order valence-electron chi connectivity index (χ3n) is 5.96. The fourth-order valence-corrected chi connectivity index (χ4v) is 5.44. The number of ether oxygens (including phenoxy) is 5. The second-order valence-electron chi connectivity index (χ2n) is 7.21. The van der Waals surface area contributed by atoms with E-state index in [9.17, 15) is 9.90 Å². The fraction of sp³-hybridized carbons (Fsp3) is 0.381. The predicted molar refractivity (Wildman–Crippen MR) is 109 cm³/mol. The van der Waals surface area contributed by atoms with E-state index < -0.39 is 12.1 Å². The number of halogens is 1. The minimum absolute atomic E-state index is 0.0486. The highest BCUT2D eigenvalue weighted by molar-refractivity contribution is 9.10. The SMILES string of the molecule is COc1ccc2c(c1OC)C(=O)N1CCc3c(Br)c(OC)c4c(c3[C@H]1[C@@H]2O)OCO4. The van der Waals surface area contributed by atoms with Crippen molar-refractivity contribution in [1.82, 2.24) is 4.90 Å². The zero-order valence-corrected chi connectivity index (χ0v) is 18.2. The molecular formula is C21H20BrNO7. The predicted octanol–water partition coefficient (Wildman–Crippen LogP) is 2.99. The molecule has 5 rings (SSSR count). The summed E-state index contributed by atoms with van der Waals surface area (Å²) < 4.78 is 28.5. The Hall–Kier alpha value is -2.65. The largest absolute Gasteiger partial charge is 0.493 e. The molecule has 1 amide bonds. The molecule has 0 radical (unpaired) electrons. The first-order chi connectivity index (χ1) is 14.5. The van der Waals surface area contributed by atoms with Crippen molar-refractivity contribution in [3.05, 3.63) is 38.9 Å². The van der Waals surface area contributed by atoms with Crippen molar-refractivity contribution in [3.8, 4) is 28.7 Å². The lowest BCUT2D eigenvalue weighted by molar-refractivity contribution is 0.0198. The number of hydrogen-bond acceptors (Lipinski definition) is 7. The van der Waals surface area contributed by atoms with Crippen LogP contribution in [0.1, 0.15) is 39.2 Å². The van der Waals surface area contributed by atoms with Gasteiger partial charge >= 0.3 is 0 Å². The summed E-state index contributed by atoms with van der Waals surface area (Å²) in [7, 11) is 4.56. The van der Waals surface area contributed by atoms with Crippen LogP contribution in [0.2, 0.25) is 0 Å². The Balaban J connectivity index is 1.74. The average molecular weight is 478 g/mol. The van der Waals surface area contributed by atoms with Gasteiger partial charge in [-0.25, -0.2) is 0 Å². The van der Waals surface area contributed by atoms with Crippen molar-refractivity contribution < 1.29 is 33.6 Å². The van der Waals surface area contributed by atoms with Gasteiger partial charge in [0.05, 0.1) is 37.4 Å². The zero-order valence-electron chi connectivity index (χ0n) is 16.7. The molecule has 9 heteroatoms. The van der Waals surface area contributed by atoms with Crippen molar-refractivity contribution in [2.45, 2.75) is 18.6 Å². The molecule has 3 aliphatic heterocycles. The second kappa shape index (κ2) is 6.95. The number of fused-ring (bicyclic) bond motifs is 6. The van der Waals surface area contributed by atoms with Gasteiger partial charge in [-0.15, -0.1) is 0 Å². The first-order valence-corrected chi connectivity index (χ1v) is 10.2. The van der Waals surface area contributed by atoms with Crippen molar-refractivity contribution in [2.75, 3.05) is 34.7 Å². The number of methoxy groups -OCH3 is 3. The molecule has 0 fully saturated rings. The van der Waals surface area contributed by atoms with Crippen LogP contribution in [0.3, 0.4) is 0 Å². The molecule has 0 saturated carbocycles. The molecule has 0 bridgehead atoms. The molecule has 158 valence electrons. The van der Waals surface area contributed by atoms with Gasteiger partial charge in [-0.1, -0.05) is 6.07 Å². The summed E-state index contributed by atoms with van der Waals surface area (Å²) in [5.41, 5.74) is 2.49. The lowest BCUT2D eigenvalue weighted by atomic mass is 9.80. The fourth-order valence-electron chi connectivity index (χ4n) is 4.68. The summed E-state index contributed by atoms with van der Waals surface area (Å²) >= 11 is 3.62. The Morgan fingerprint density at radius 1 is 1.10 bits per heavy atom. The number of nitrogens with zero attached hydrogens (tertiary/aromatic N) is 1. The monoisotopic (exact) mass is 477 g/mol. The molecule has 3 aliphatic rings. The molecule has 0 aliphatic carbocycles. The van der Waals surface area contributed by atoms with Crippen molar-refractivity contribution in [2.24, 2.45) is 0 Å². The Labute approximate surface area is 181 Å². The van der Waals surface area contributed by atoms with Crippen LogP contribution in [0.4, 0.5) is 0 Å². The average Bonchev–Trinajstić information content (AvgIpc) is 3.25. The summed E-state index contributed by atoms with van der Waals surface area (Å²) in [6, 6.07) is 2.78. The smallest absolute Gasteiger partial charge is 0.258 e. The maximum atomic E-state index is 13.5. The van der Waals surface area contributed by atoms with Gasteiger partial charge in [0.2, 0.25) is 12.5 Å². The van der Waals surface area contributed by atoms with Crippen LogP contribution in [0, 0.1) is 0 Å². The van der Waals surface area contributed by atoms with Gasteiger partial charge in [0.25, 0.3) is 5.91 Å². The minimum atomic E-state index is -0.981. The van der Waals surface area contributed by atoms with E-state index >= 15 is 0 Å². The van der Waals surface area contributed by atoms with E-state index in [2.05, 4.69) is 15.9 Å². The van der Waals surface area contributed by atoms with Gasteiger partial charge < -0.3 is 33.7 Å². The molecule has 30 heavy (non-hydrogen) atoms. The van der Waals surface area contributed by atoms with Gasteiger partial charge in [0.1, 0.15) is 6.10 Å². The first-order valence-electron chi connectivity index (χ1n) is 9.45.